The average molecular weight is 314 g/mol. The Kier molecular flexibility index (Phi) is 4.58. The molecule has 8 heteroatoms. The van der Waals surface area contributed by atoms with E-state index in [1.165, 1.54) is 23.3 Å². The molecule has 2 N–H and O–H groups in total. The van der Waals surface area contributed by atoms with Gasteiger partial charge in [-0.15, -0.1) is 0 Å². The Hall–Kier alpha value is -0.960. The molecular formula is C13H22N4O3S. The third kappa shape index (κ3) is 4.26. The van der Waals surface area contributed by atoms with E-state index in [0.717, 1.165) is 25.4 Å². The molecule has 1 aliphatic heterocycles. The molecule has 2 fully saturated rings. The lowest BCUT2D eigenvalue weighted by Crippen LogP contribution is -2.46. The minimum atomic E-state index is -3.43. The predicted octanol–water partition coefficient (Wildman–Crippen LogP) is 0.473. The first-order chi connectivity index (χ1) is 10.1. The molecule has 2 heterocycles. The van der Waals surface area contributed by atoms with Gasteiger partial charge in [0.1, 0.15) is 0 Å². The zero-order valence-electron chi connectivity index (χ0n) is 12.0. The Morgan fingerprint density at radius 3 is 2.67 bits per heavy atom. The van der Waals surface area contributed by atoms with Crippen LogP contribution < -0.4 is 10.0 Å². The van der Waals surface area contributed by atoms with Crippen LogP contribution in [0.4, 0.5) is 0 Å². The molecule has 1 aromatic heterocycles. The first kappa shape index (κ1) is 15.0. The van der Waals surface area contributed by atoms with E-state index in [2.05, 4.69) is 15.2 Å². The van der Waals surface area contributed by atoms with E-state index in [-0.39, 0.29) is 6.54 Å². The summed E-state index contributed by atoms with van der Waals surface area (Å²) in [6.07, 6.45) is 5.92. The summed E-state index contributed by atoms with van der Waals surface area (Å²) < 4.78 is 33.4. The Balaban J connectivity index is 1.43. The lowest BCUT2D eigenvalue weighted by molar-refractivity contribution is 0.264. The van der Waals surface area contributed by atoms with Crippen molar-refractivity contribution in [1.82, 2.24) is 19.5 Å². The zero-order chi connectivity index (χ0) is 14.7. The topological polar surface area (TPSA) is 87.5 Å². The molecule has 7 nitrogen and oxygen atoms in total. The highest BCUT2D eigenvalue weighted by atomic mass is 32.2. The largest absolute Gasteiger partial charge is 0.360 e. The van der Waals surface area contributed by atoms with Crippen LogP contribution in [0.25, 0.3) is 0 Å². The lowest BCUT2D eigenvalue weighted by Gasteiger charge is -2.31. The Morgan fingerprint density at radius 2 is 2.05 bits per heavy atom. The standard InChI is InChI=1S/C13H22N4O3S/c18-21(19,16-10-13-3-6-15-20-13)17-7-4-11(5-8-17)9-14-12-1-2-12/h3,6,11-12,14,16H,1-2,4-5,7-10H2. The van der Waals surface area contributed by atoms with Crippen LogP contribution in [0.5, 0.6) is 0 Å². The van der Waals surface area contributed by atoms with Crippen LogP contribution in [0.1, 0.15) is 31.4 Å². The summed E-state index contributed by atoms with van der Waals surface area (Å²) in [6, 6.07) is 2.37. The number of aromatic nitrogens is 1. The van der Waals surface area contributed by atoms with Gasteiger partial charge in [0, 0.05) is 25.2 Å². The molecule has 0 spiro atoms. The molecule has 1 aliphatic carbocycles. The molecule has 1 saturated carbocycles. The summed E-state index contributed by atoms with van der Waals surface area (Å²) in [4.78, 5) is 0. The molecule has 0 amide bonds. The van der Waals surface area contributed by atoms with E-state index < -0.39 is 10.2 Å². The predicted molar refractivity (Wildman–Crippen MR) is 77.6 cm³/mol. The number of rotatable bonds is 7. The van der Waals surface area contributed by atoms with Gasteiger partial charge in [-0.1, -0.05) is 5.16 Å². The molecule has 21 heavy (non-hydrogen) atoms. The van der Waals surface area contributed by atoms with Crippen LogP contribution in [-0.4, -0.2) is 43.6 Å². The molecule has 0 radical (unpaired) electrons. The molecule has 0 atom stereocenters. The third-order valence-electron chi connectivity index (χ3n) is 4.11. The summed E-state index contributed by atoms with van der Waals surface area (Å²) in [7, 11) is -3.43. The maximum atomic E-state index is 12.2. The first-order valence-electron chi connectivity index (χ1n) is 7.51. The average Bonchev–Trinajstić information content (AvgIpc) is 3.17. The van der Waals surface area contributed by atoms with Crippen LogP contribution >= 0.6 is 0 Å². The molecule has 1 aromatic rings. The SMILES string of the molecule is O=S(=O)(NCc1ccno1)N1CCC(CNC2CC2)CC1. The van der Waals surface area contributed by atoms with Gasteiger partial charge in [0.05, 0.1) is 12.7 Å². The summed E-state index contributed by atoms with van der Waals surface area (Å²) in [5.41, 5.74) is 0. The maximum Gasteiger partial charge on any atom is 0.279 e. The van der Waals surface area contributed by atoms with E-state index >= 15 is 0 Å². The number of nitrogens with one attached hydrogen (secondary N) is 2. The van der Waals surface area contributed by atoms with Crippen molar-refractivity contribution in [3.8, 4) is 0 Å². The van der Waals surface area contributed by atoms with Crippen molar-refractivity contribution >= 4 is 10.2 Å². The van der Waals surface area contributed by atoms with Gasteiger partial charge in [-0.25, -0.2) is 0 Å². The fourth-order valence-corrected chi connectivity index (χ4v) is 3.76. The minimum Gasteiger partial charge on any atom is -0.360 e. The van der Waals surface area contributed by atoms with Crippen molar-refractivity contribution in [3.63, 3.8) is 0 Å². The third-order valence-corrected chi connectivity index (χ3v) is 5.66. The summed E-state index contributed by atoms with van der Waals surface area (Å²) in [6.45, 7) is 2.33. The van der Waals surface area contributed by atoms with Gasteiger partial charge in [0.2, 0.25) is 0 Å². The number of hydrogen-bond donors (Lipinski definition) is 2. The van der Waals surface area contributed by atoms with E-state index in [1.54, 1.807) is 6.07 Å². The second-order valence-electron chi connectivity index (χ2n) is 5.83. The Bertz CT molecular complexity index is 534. The molecule has 1 saturated heterocycles. The summed E-state index contributed by atoms with van der Waals surface area (Å²) in [5.74, 6) is 1.11. The molecule has 0 aromatic carbocycles. The van der Waals surface area contributed by atoms with Crippen LogP contribution in [0.15, 0.2) is 16.8 Å². The normalized spacial score (nSPS) is 21.7. The van der Waals surface area contributed by atoms with E-state index in [9.17, 15) is 8.42 Å². The molecule has 2 aliphatic rings. The highest BCUT2D eigenvalue weighted by molar-refractivity contribution is 7.87. The van der Waals surface area contributed by atoms with Crippen LogP contribution in [0, 0.1) is 5.92 Å². The van der Waals surface area contributed by atoms with Gasteiger partial charge in [-0.3, -0.25) is 0 Å². The van der Waals surface area contributed by atoms with Crippen molar-refractivity contribution in [2.24, 2.45) is 5.92 Å². The molecule has 0 bridgehead atoms. The van der Waals surface area contributed by atoms with Gasteiger partial charge in [0.25, 0.3) is 10.2 Å². The smallest absolute Gasteiger partial charge is 0.279 e. The second kappa shape index (κ2) is 6.43. The maximum absolute atomic E-state index is 12.2. The quantitative estimate of drug-likeness (QED) is 0.764. The first-order valence-corrected chi connectivity index (χ1v) is 8.95. The second-order valence-corrected chi connectivity index (χ2v) is 7.59. The van der Waals surface area contributed by atoms with Crippen molar-refractivity contribution in [2.75, 3.05) is 19.6 Å². The monoisotopic (exact) mass is 314 g/mol. The molecule has 3 rings (SSSR count). The van der Waals surface area contributed by atoms with E-state index in [0.29, 0.717) is 24.8 Å². The van der Waals surface area contributed by atoms with E-state index in [1.807, 2.05) is 0 Å². The van der Waals surface area contributed by atoms with Gasteiger partial charge >= 0.3 is 0 Å². The Morgan fingerprint density at radius 1 is 1.29 bits per heavy atom. The zero-order valence-corrected chi connectivity index (χ0v) is 12.8. The van der Waals surface area contributed by atoms with E-state index in [4.69, 9.17) is 4.52 Å². The van der Waals surface area contributed by atoms with Crippen molar-refractivity contribution in [1.29, 1.82) is 0 Å². The number of nitrogens with zero attached hydrogens (tertiary/aromatic N) is 2. The van der Waals surface area contributed by atoms with Crippen LogP contribution in [0.2, 0.25) is 0 Å². The molecule has 118 valence electrons. The van der Waals surface area contributed by atoms with Crippen molar-refractivity contribution < 1.29 is 12.9 Å². The van der Waals surface area contributed by atoms with Crippen molar-refractivity contribution in [3.05, 3.63) is 18.0 Å². The minimum absolute atomic E-state index is 0.144. The van der Waals surface area contributed by atoms with Gasteiger partial charge in [-0.2, -0.15) is 17.4 Å². The lowest BCUT2D eigenvalue weighted by atomic mass is 9.98. The van der Waals surface area contributed by atoms with Crippen LogP contribution in [-0.2, 0) is 16.8 Å². The summed E-state index contributed by atoms with van der Waals surface area (Å²) >= 11 is 0. The Labute approximate surface area is 125 Å². The number of hydrogen-bond acceptors (Lipinski definition) is 5. The van der Waals surface area contributed by atoms with Crippen LogP contribution in [0.3, 0.4) is 0 Å². The summed E-state index contributed by atoms with van der Waals surface area (Å²) in [5, 5.41) is 7.08. The van der Waals surface area contributed by atoms with Gasteiger partial charge < -0.3 is 9.84 Å². The fourth-order valence-electron chi connectivity index (χ4n) is 2.56. The van der Waals surface area contributed by atoms with Gasteiger partial charge in [-0.05, 0) is 38.1 Å². The van der Waals surface area contributed by atoms with Crippen molar-refractivity contribution in [2.45, 2.75) is 38.3 Å². The highest BCUT2D eigenvalue weighted by Crippen LogP contribution is 2.22. The highest BCUT2D eigenvalue weighted by Gasteiger charge is 2.29. The molecular weight excluding hydrogens is 292 g/mol. The fraction of sp³-hybridized carbons (Fsp3) is 0.769. The number of piperidine rings is 1. The van der Waals surface area contributed by atoms with Gasteiger partial charge in [0.15, 0.2) is 5.76 Å². The molecule has 0 unspecified atom stereocenters.